The van der Waals surface area contributed by atoms with Gasteiger partial charge in [-0.3, -0.25) is 4.79 Å². The molecule has 1 unspecified atom stereocenters. The molecule has 0 fully saturated rings. The van der Waals surface area contributed by atoms with E-state index in [1.54, 1.807) is 14.2 Å². The van der Waals surface area contributed by atoms with Gasteiger partial charge in [-0.15, -0.1) is 0 Å². The molecule has 3 rings (SSSR count). The minimum atomic E-state index is -0.201. The Labute approximate surface area is 160 Å². The number of fused-ring (bicyclic) bond motifs is 1. The van der Waals surface area contributed by atoms with Crippen molar-refractivity contribution in [1.82, 2.24) is 5.32 Å². The number of benzene rings is 2. The molecule has 1 aliphatic rings. The van der Waals surface area contributed by atoms with E-state index in [9.17, 15) is 4.79 Å². The molecule has 144 valence electrons. The van der Waals surface area contributed by atoms with Crippen molar-refractivity contribution in [1.29, 1.82) is 0 Å². The molecule has 0 aromatic heterocycles. The first-order chi connectivity index (χ1) is 13.0. The summed E-state index contributed by atoms with van der Waals surface area (Å²) in [6.07, 6.45) is 1.95. The first-order valence-corrected chi connectivity index (χ1v) is 9.17. The average molecular weight is 369 g/mol. The molecule has 0 aliphatic carbocycles. The second-order valence-corrected chi connectivity index (χ2v) is 6.77. The molecule has 6 heteroatoms. The fraction of sp³-hybridized carbons (Fsp3) is 0.381. The van der Waals surface area contributed by atoms with Crippen LogP contribution in [0.25, 0.3) is 0 Å². The van der Waals surface area contributed by atoms with Crippen molar-refractivity contribution in [3.8, 4) is 11.5 Å². The Bertz CT molecular complexity index is 822. The molecule has 1 aliphatic heterocycles. The summed E-state index contributed by atoms with van der Waals surface area (Å²) >= 11 is 0. The van der Waals surface area contributed by atoms with Gasteiger partial charge in [0.15, 0.2) is 0 Å². The lowest BCUT2D eigenvalue weighted by Crippen LogP contribution is -2.40. The highest BCUT2D eigenvalue weighted by molar-refractivity contribution is 5.83. The minimum absolute atomic E-state index is 0.0392. The molecule has 3 N–H and O–H groups in total. The zero-order valence-corrected chi connectivity index (χ0v) is 16.1. The van der Waals surface area contributed by atoms with Crippen molar-refractivity contribution >= 4 is 17.3 Å². The molecule has 27 heavy (non-hydrogen) atoms. The summed E-state index contributed by atoms with van der Waals surface area (Å²) in [5, 5.41) is 3.07. The normalized spacial score (nSPS) is 14.3. The number of ether oxygens (including phenoxy) is 2. The lowest BCUT2D eigenvalue weighted by molar-refractivity contribution is -0.120. The van der Waals surface area contributed by atoms with Gasteiger partial charge in [-0.05, 0) is 55.7 Å². The first-order valence-electron chi connectivity index (χ1n) is 9.17. The number of nitrogen functional groups attached to an aromatic ring is 1. The first kappa shape index (κ1) is 18.9. The number of nitrogens with two attached hydrogens (primary N) is 1. The Kier molecular flexibility index (Phi) is 5.74. The number of hydrogen-bond acceptors (Lipinski definition) is 5. The smallest absolute Gasteiger partial charge is 0.239 e. The van der Waals surface area contributed by atoms with Gasteiger partial charge in [0.25, 0.3) is 0 Å². The van der Waals surface area contributed by atoms with Gasteiger partial charge in [0.2, 0.25) is 5.91 Å². The van der Waals surface area contributed by atoms with Crippen LogP contribution in [-0.4, -0.2) is 33.2 Å². The van der Waals surface area contributed by atoms with Crippen molar-refractivity contribution in [2.24, 2.45) is 0 Å². The molecule has 0 bridgehead atoms. The molecular formula is C21H27N3O3. The predicted octanol–water partition coefficient (Wildman–Crippen LogP) is 2.92. The second kappa shape index (κ2) is 8.20. The fourth-order valence-electron chi connectivity index (χ4n) is 3.61. The zero-order valence-electron chi connectivity index (χ0n) is 16.1. The quantitative estimate of drug-likeness (QED) is 0.766. The molecular weight excluding hydrogens is 342 g/mol. The third-order valence-corrected chi connectivity index (χ3v) is 5.00. The van der Waals surface area contributed by atoms with Gasteiger partial charge in [-0.1, -0.05) is 6.07 Å². The highest BCUT2D eigenvalue weighted by atomic mass is 16.5. The number of amides is 1. The van der Waals surface area contributed by atoms with E-state index in [1.807, 2.05) is 43.3 Å². The van der Waals surface area contributed by atoms with E-state index in [-0.39, 0.29) is 11.9 Å². The molecule has 1 heterocycles. The van der Waals surface area contributed by atoms with Crippen LogP contribution in [0.2, 0.25) is 0 Å². The van der Waals surface area contributed by atoms with Crippen LogP contribution in [0.15, 0.2) is 36.4 Å². The van der Waals surface area contributed by atoms with Crippen LogP contribution in [0.1, 0.15) is 30.5 Å². The molecule has 0 spiro atoms. The van der Waals surface area contributed by atoms with Gasteiger partial charge in [0.05, 0.1) is 26.8 Å². The SMILES string of the molecule is COc1ccc(OC)c(C(C)NC(=O)CN2CCCc3c(N)cccc32)c1. The van der Waals surface area contributed by atoms with Crippen LogP contribution < -0.4 is 25.4 Å². The topological polar surface area (TPSA) is 76.8 Å². The van der Waals surface area contributed by atoms with E-state index in [1.165, 1.54) is 0 Å². The summed E-state index contributed by atoms with van der Waals surface area (Å²) in [7, 11) is 3.24. The maximum atomic E-state index is 12.7. The highest BCUT2D eigenvalue weighted by Crippen LogP contribution is 2.32. The van der Waals surface area contributed by atoms with Crippen LogP contribution in [0.4, 0.5) is 11.4 Å². The van der Waals surface area contributed by atoms with Crippen LogP contribution in [0.3, 0.4) is 0 Å². The number of carbonyl (C=O) groups is 1. The Morgan fingerprint density at radius 1 is 1.26 bits per heavy atom. The molecule has 0 saturated heterocycles. The van der Waals surface area contributed by atoms with Crippen molar-refractivity contribution in [3.63, 3.8) is 0 Å². The van der Waals surface area contributed by atoms with E-state index in [0.717, 1.165) is 53.4 Å². The summed E-state index contributed by atoms with van der Waals surface area (Å²) in [6.45, 7) is 3.09. The Hall–Kier alpha value is -2.89. The van der Waals surface area contributed by atoms with E-state index in [4.69, 9.17) is 15.2 Å². The van der Waals surface area contributed by atoms with Gasteiger partial charge < -0.3 is 25.4 Å². The summed E-state index contributed by atoms with van der Waals surface area (Å²) in [4.78, 5) is 14.8. The summed E-state index contributed by atoms with van der Waals surface area (Å²) in [5.74, 6) is 1.41. The van der Waals surface area contributed by atoms with Crippen LogP contribution in [0, 0.1) is 0 Å². The van der Waals surface area contributed by atoms with E-state index in [2.05, 4.69) is 10.2 Å². The fourth-order valence-corrected chi connectivity index (χ4v) is 3.61. The maximum Gasteiger partial charge on any atom is 0.239 e. The van der Waals surface area contributed by atoms with Gasteiger partial charge >= 0.3 is 0 Å². The standard InChI is InChI=1S/C21H27N3O3/c1-14(17-12-15(26-2)9-10-20(17)27-3)23-21(25)13-24-11-5-6-16-18(22)7-4-8-19(16)24/h4,7-10,12,14H,5-6,11,13,22H2,1-3H3,(H,23,25). The van der Waals surface area contributed by atoms with Gasteiger partial charge in [0.1, 0.15) is 11.5 Å². The average Bonchev–Trinajstić information content (AvgIpc) is 2.68. The lowest BCUT2D eigenvalue weighted by Gasteiger charge is -2.32. The number of nitrogens with one attached hydrogen (secondary N) is 1. The number of hydrogen-bond donors (Lipinski definition) is 2. The molecule has 2 aromatic rings. The molecule has 6 nitrogen and oxygen atoms in total. The van der Waals surface area contributed by atoms with Crippen molar-refractivity contribution in [2.45, 2.75) is 25.8 Å². The van der Waals surface area contributed by atoms with E-state index in [0.29, 0.717) is 6.54 Å². The second-order valence-electron chi connectivity index (χ2n) is 6.77. The number of rotatable bonds is 6. The van der Waals surface area contributed by atoms with Crippen LogP contribution >= 0.6 is 0 Å². The number of methoxy groups -OCH3 is 2. The number of anilines is 2. The zero-order chi connectivity index (χ0) is 19.4. The molecule has 0 radical (unpaired) electrons. The van der Waals surface area contributed by atoms with Crippen molar-refractivity contribution in [2.75, 3.05) is 37.9 Å². The molecule has 1 atom stereocenters. The monoisotopic (exact) mass is 369 g/mol. The Morgan fingerprint density at radius 3 is 2.81 bits per heavy atom. The Morgan fingerprint density at radius 2 is 2.07 bits per heavy atom. The van der Waals surface area contributed by atoms with Crippen molar-refractivity contribution < 1.29 is 14.3 Å². The highest BCUT2D eigenvalue weighted by Gasteiger charge is 2.22. The molecule has 1 amide bonds. The summed E-state index contributed by atoms with van der Waals surface area (Å²) in [5.41, 5.74) is 9.97. The van der Waals surface area contributed by atoms with E-state index < -0.39 is 0 Å². The largest absolute Gasteiger partial charge is 0.497 e. The summed E-state index contributed by atoms with van der Waals surface area (Å²) < 4.78 is 10.7. The maximum absolute atomic E-state index is 12.7. The van der Waals surface area contributed by atoms with Gasteiger partial charge in [-0.25, -0.2) is 0 Å². The van der Waals surface area contributed by atoms with Gasteiger partial charge in [-0.2, -0.15) is 0 Å². The van der Waals surface area contributed by atoms with Gasteiger partial charge in [0, 0.05) is 23.5 Å². The third-order valence-electron chi connectivity index (χ3n) is 5.00. The number of carbonyl (C=O) groups excluding carboxylic acids is 1. The predicted molar refractivity (Wildman–Crippen MR) is 107 cm³/mol. The summed E-state index contributed by atoms with van der Waals surface area (Å²) in [6, 6.07) is 11.3. The Balaban J connectivity index is 1.71. The van der Waals surface area contributed by atoms with Crippen LogP contribution in [-0.2, 0) is 11.2 Å². The molecule has 2 aromatic carbocycles. The third kappa shape index (κ3) is 4.10. The minimum Gasteiger partial charge on any atom is -0.497 e. The number of nitrogens with zero attached hydrogens (tertiary/aromatic N) is 1. The van der Waals surface area contributed by atoms with Crippen LogP contribution in [0.5, 0.6) is 11.5 Å². The molecule has 0 saturated carbocycles. The van der Waals surface area contributed by atoms with Crippen molar-refractivity contribution in [3.05, 3.63) is 47.5 Å². The van der Waals surface area contributed by atoms with E-state index >= 15 is 0 Å². The lowest BCUT2D eigenvalue weighted by atomic mass is 10.00.